The first-order valence-corrected chi connectivity index (χ1v) is 6.93. The van der Waals surface area contributed by atoms with Crippen LogP contribution in [-0.2, 0) is 4.79 Å². The normalized spacial score (nSPS) is 18.8. The van der Waals surface area contributed by atoms with E-state index in [0.717, 1.165) is 37.6 Å². The maximum atomic E-state index is 11.8. The van der Waals surface area contributed by atoms with E-state index >= 15 is 0 Å². The molecule has 0 spiro atoms. The van der Waals surface area contributed by atoms with Gasteiger partial charge < -0.3 is 25.0 Å². The van der Waals surface area contributed by atoms with Crippen molar-refractivity contribution in [3.05, 3.63) is 18.2 Å². The highest BCUT2D eigenvalue weighted by molar-refractivity contribution is 5.98. The molecular formula is C14H19N3O3. The molecular weight excluding hydrogens is 258 g/mol. The van der Waals surface area contributed by atoms with Crippen LogP contribution in [0.3, 0.4) is 0 Å². The average molecular weight is 277 g/mol. The van der Waals surface area contributed by atoms with Gasteiger partial charge in [-0.25, -0.2) is 0 Å². The minimum absolute atomic E-state index is 0.0397. The first kappa shape index (κ1) is 13.2. The van der Waals surface area contributed by atoms with Crippen LogP contribution in [-0.4, -0.2) is 57.0 Å². The van der Waals surface area contributed by atoms with E-state index in [1.54, 1.807) is 4.90 Å². The summed E-state index contributed by atoms with van der Waals surface area (Å²) in [6, 6.07) is 5.90. The van der Waals surface area contributed by atoms with Gasteiger partial charge in [0.15, 0.2) is 6.61 Å². The molecule has 0 unspecified atom stereocenters. The molecule has 0 bridgehead atoms. The zero-order valence-corrected chi connectivity index (χ0v) is 11.3. The van der Waals surface area contributed by atoms with Gasteiger partial charge in [0.25, 0.3) is 5.91 Å². The number of aliphatic hydroxyl groups excluding tert-OH is 1. The lowest BCUT2D eigenvalue weighted by Gasteiger charge is -2.32. The van der Waals surface area contributed by atoms with Gasteiger partial charge in [-0.2, -0.15) is 0 Å². The van der Waals surface area contributed by atoms with Gasteiger partial charge in [-0.15, -0.1) is 0 Å². The third-order valence-corrected chi connectivity index (χ3v) is 3.69. The Hall–Kier alpha value is -1.79. The molecule has 3 rings (SSSR count). The van der Waals surface area contributed by atoms with Crippen LogP contribution in [0.15, 0.2) is 18.2 Å². The molecule has 0 radical (unpaired) electrons. The predicted octanol–water partition coefficient (Wildman–Crippen LogP) is -0.186. The number of carbonyl (C=O) groups excluding carboxylic acids is 1. The van der Waals surface area contributed by atoms with Crippen LogP contribution in [0.1, 0.15) is 0 Å². The van der Waals surface area contributed by atoms with E-state index in [2.05, 4.69) is 10.2 Å². The summed E-state index contributed by atoms with van der Waals surface area (Å²) in [4.78, 5) is 15.7. The fraction of sp³-hybridized carbons (Fsp3) is 0.500. The molecule has 6 nitrogen and oxygen atoms in total. The Bertz CT molecular complexity index is 500. The summed E-state index contributed by atoms with van der Waals surface area (Å²) >= 11 is 0. The van der Waals surface area contributed by atoms with Crippen molar-refractivity contribution in [2.75, 3.05) is 55.7 Å². The third-order valence-electron chi connectivity index (χ3n) is 3.69. The number of hydrogen-bond donors (Lipinski definition) is 2. The van der Waals surface area contributed by atoms with Crippen molar-refractivity contribution in [3.8, 4) is 5.75 Å². The van der Waals surface area contributed by atoms with Gasteiger partial charge in [0, 0.05) is 44.5 Å². The Kier molecular flexibility index (Phi) is 3.75. The maximum Gasteiger partial charge on any atom is 0.265 e. The number of benzene rings is 1. The van der Waals surface area contributed by atoms with E-state index in [9.17, 15) is 4.79 Å². The summed E-state index contributed by atoms with van der Waals surface area (Å²) < 4.78 is 5.53. The first-order chi connectivity index (χ1) is 9.79. The van der Waals surface area contributed by atoms with Gasteiger partial charge in [-0.3, -0.25) is 4.79 Å². The second kappa shape index (κ2) is 5.68. The van der Waals surface area contributed by atoms with E-state index < -0.39 is 0 Å². The van der Waals surface area contributed by atoms with Crippen molar-refractivity contribution in [1.82, 2.24) is 5.32 Å². The molecule has 0 aliphatic carbocycles. The summed E-state index contributed by atoms with van der Waals surface area (Å²) in [5, 5.41) is 12.4. The predicted molar refractivity (Wildman–Crippen MR) is 76.5 cm³/mol. The number of β-amino-alcohol motifs (C(OH)–C–C–N with tert-alkyl or cyclic N) is 1. The molecule has 0 atom stereocenters. The number of aliphatic hydroxyl groups is 1. The molecule has 1 aromatic carbocycles. The monoisotopic (exact) mass is 277 g/mol. The Labute approximate surface area is 117 Å². The molecule has 2 heterocycles. The highest BCUT2D eigenvalue weighted by Crippen LogP contribution is 2.35. The van der Waals surface area contributed by atoms with E-state index in [-0.39, 0.29) is 19.1 Å². The smallest absolute Gasteiger partial charge is 0.265 e. The molecule has 0 saturated carbocycles. The van der Waals surface area contributed by atoms with Crippen LogP contribution in [0, 0.1) is 0 Å². The van der Waals surface area contributed by atoms with Crippen molar-refractivity contribution in [2.45, 2.75) is 0 Å². The van der Waals surface area contributed by atoms with Gasteiger partial charge in [0.2, 0.25) is 0 Å². The molecule has 1 aromatic rings. The van der Waals surface area contributed by atoms with Crippen molar-refractivity contribution < 1.29 is 14.6 Å². The molecule has 1 amide bonds. The molecule has 0 aromatic heterocycles. The second-order valence-corrected chi connectivity index (χ2v) is 4.95. The highest BCUT2D eigenvalue weighted by atomic mass is 16.5. The number of ether oxygens (including phenoxy) is 1. The SMILES string of the molecule is O=C1COc2cc(N3CCNCC3)ccc2N1CCO. The van der Waals surface area contributed by atoms with Crippen LogP contribution in [0.2, 0.25) is 0 Å². The Morgan fingerprint density at radius 3 is 2.85 bits per heavy atom. The quantitative estimate of drug-likeness (QED) is 0.802. The molecule has 2 N–H and O–H groups in total. The summed E-state index contributed by atoms with van der Waals surface area (Å²) in [6.45, 7) is 4.20. The first-order valence-electron chi connectivity index (χ1n) is 6.93. The van der Waals surface area contributed by atoms with Crippen molar-refractivity contribution in [3.63, 3.8) is 0 Å². The van der Waals surface area contributed by atoms with E-state index in [4.69, 9.17) is 9.84 Å². The zero-order chi connectivity index (χ0) is 13.9. The maximum absolute atomic E-state index is 11.8. The molecule has 6 heteroatoms. The van der Waals surface area contributed by atoms with Crippen LogP contribution in [0.25, 0.3) is 0 Å². The number of fused-ring (bicyclic) bond motifs is 1. The summed E-state index contributed by atoms with van der Waals surface area (Å²) in [5.41, 5.74) is 1.86. The number of hydrogen-bond acceptors (Lipinski definition) is 5. The van der Waals surface area contributed by atoms with Crippen LogP contribution in [0.4, 0.5) is 11.4 Å². The van der Waals surface area contributed by atoms with Gasteiger partial charge >= 0.3 is 0 Å². The zero-order valence-electron chi connectivity index (χ0n) is 11.3. The third kappa shape index (κ3) is 2.44. The molecule has 108 valence electrons. The van der Waals surface area contributed by atoms with Crippen molar-refractivity contribution in [2.24, 2.45) is 0 Å². The van der Waals surface area contributed by atoms with Gasteiger partial charge in [0.1, 0.15) is 5.75 Å². The van der Waals surface area contributed by atoms with Gasteiger partial charge in [0.05, 0.1) is 12.3 Å². The summed E-state index contributed by atoms with van der Waals surface area (Å²) in [7, 11) is 0. The van der Waals surface area contributed by atoms with Crippen molar-refractivity contribution >= 4 is 17.3 Å². The molecule has 1 saturated heterocycles. The highest BCUT2D eigenvalue weighted by Gasteiger charge is 2.25. The molecule has 2 aliphatic heterocycles. The number of carbonyl (C=O) groups is 1. The number of nitrogens with zero attached hydrogens (tertiary/aromatic N) is 2. The number of anilines is 2. The average Bonchev–Trinajstić information content (AvgIpc) is 2.51. The van der Waals surface area contributed by atoms with Crippen LogP contribution < -0.4 is 19.9 Å². The second-order valence-electron chi connectivity index (χ2n) is 4.95. The lowest BCUT2D eigenvalue weighted by Crippen LogP contribution is -2.44. The van der Waals surface area contributed by atoms with Gasteiger partial charge in [-0.05, 0) is 12.1 Å². The minimum Gasteiger partial charge on any atom is -0.481 e. The number of rotatable bonds is 3. The van der Waals surface area contributed by atoms with Gasteiger partial charge in [-0.1, -0.05) is 0 Å². The number of amides is 1. The Morgan fingerprint density at radius 1 is 1.30 bits per heavy atom. The summed E-state index contributed by atoms with van der Waals surface area (Å²) in [5.74, 6) is 0.607. The van der Waals surface area contributed by atoms with E-state index in [1.807, 2.05) is 18.2 Å². The summed E-state index contributed by atoms with van der Waals surface area (Å²) in [6.07, 6.45) is 0. The topological polar surface area (TPSA) is 65.0 Å². The minimum atomic E-state index is -0.110. The number of piperazine rings is 1. The largest absolute Gasteiger partial charge is 0.481 e. The lowest BCUT2D eigenvalue weighted by atomic mass is 10.2. The molecule has 20 heavy (non-hydrogen) atoms. The standard InChI is InChI=1S/C14H19N3O3/c18-8-7-17-12-2-1-11(16-5-3-15-4-6-16)9-13(12)20-10-14(17)19/h1-2,9,15,18H,3-8,10H2. The Morgan fingerprint density at radius 2 is 2.10 bits per heavy atom. The molecule has 2 aliphatic rings. The molecule has 1 fully saturated rings. The van der Waals surface area contributed by atoms with Crippen LogP contribution in [0.5, 0.6) is 5.75 Å². The number of nitrogens with one attached hydrogen (secondary N) is 1. The van der Waals surface area contributed by atoms with E-state index in [0.29, 0.717) is 12.3 Å². The fourth-order valence-electron chi connectivity index (χ4n) is 2.66. The lowest BCUT2D eigenvalue weighted by molar-refractivity contribution is -0.121. The van der Waals surface area contributed by atoms with E-state index in [1.165, 1.54) is 0 Å². The Balaban J connectivity index is 1.86. The fourth-order valence-corrected chi connectivity index (χ4v) is 2.66. The van der Waals surface area contributed by atoms with Crippen molar-refractivity contribution in [1.29, 1.82) is 0 Å². The van der Waals surface area contributed by atoms with Crippen LogP contribution >= 0.6 is 0 Å².